The fraction of sp³-hybridized carbons (Fsp3) is 0.304. The van der Waals surface area contributed by atoms with Crippen molar-refractivity contribution >= 4 is 16.8 Å². The molecule has 2 aromatic carbocycles. The van der Waals surface area contributed by atoms with Crippen LogP contribution >= 0.6 is 0 Å². The number of hydrogen-bond acceptors (Lipinski definition) is 4. The molecule has 0 bridgehead atoms. The molecular weight excluding hydrogens is 368 g/mol. The summed E-state index contributed by atoms with van der Waals surface area (Å²) in [5, 5.41) is 3.85. The fourth-order valence-corrected chi connectivity index (χ4v) is 3.21. The van der Waals surface area contributed by atoms with Crippen LogP contribution in [0.5, 0.6) is 11.5 Å². The van der Waals surface area contributed by atoms with Crippen LogP contribution in [-0.4, -0.2) is 31.7 Å². The highest BCUT2D eigenvalue weighted by Crippen LogP contribution is 2.27. The summed E-state index contributed by atoms with van der Waals surface area (Å²) in [6, 6.07) is 13.0. The van der Waals surface area contributed by atoms with Gasteiger partial charge in [0.1, 0.15) is 0 Å². The number of pyridine rings is 1. The zero-order chi connectivity index (χ0) is 21.0. The first-order chi connectivity index (χ1) is 13.9. The third-order valence-corrected chi connectivity index (χ3v) is 4.94. The third-order valence-electron chi connectivity index (χ3n) is 4.94. The van der Waals surface area contributed by atoms with Gasteiger partial charge in [0, 0.05) is 23.2 Å². The number of aromatic amines is 1. The van der Waals surface area contributed by atoms with Crippen LogP contribution in [0, 0.1) is 0 Å². The first kappa shape index (κ1) is 20.5. The van der Waals surface area contributed by atoms with Gasteiger partial charge in [-0.2, -0.15) is 0 Å². The summed E-state index contributed by atoms with van der Waals surface area (Å²) < 4.78 is 10.4. The summed E-state index contributed by atoms with van der Waals surface area (Å²) in [6.45, 7) is 4.63. The Balaban J connectivity index is 1.71. The number of benzene rings is 2. The van der Waals surface area contributed by atoms with Gasteiger partial charge in [-0.1, -0.05) is 19.9 Å². The van der Waals surface area contributed by atoms with E-state index in [1.54, 1.807) is 25.3 Å². The van der Waals surface area contributed by atoms with Gasteiger partial charge in [0.2, 0.25) is 0 Å². The Morgan fingerprint density at radius 2 is 1.79 bits per heavy atom. The highest BCUT2D eigenvalue weighted by atomic mass is 16.5. The quantitative estimate of drug-likeness (QED) is 0.641. The second kappa shape index (κ2) is 8.82. The molecule has 0 radical (unpaired) electrons. The van der Waals surface area contributed by atoms with E-state index in [4.69, 9.17) is 9.47 Å². The van der Waals surface area contributed by atoms with Crippen LogP contribution in [0.1, 0.15) is 41.3 Å². The van der Waals surface area contributed by atoms with Gasteiger partial charge in [-0.25, -0.2) is 0 Å². The van der Waals surface area contributed by atoms with Crippen molar-refractivity contribution in [1.29, 1.82) is 0 Å². The molecule has 0 saturated carbocycles. The Morgan fingerprint density at radius 3 is 2.48 bits per heavy atom. The molecule has 0 saturated heterocycles. The van der Waals surface area contributed by atoms with Gasteiger partial charge in [0.05, 0.1) is 14.2 Å². The van der Waals surface area contributed by atoms with Crippen molar-refractivity contribution in [2.75, 3.05) is 20.8 Å². The molecule has 0 aliphatic heterocycles. The summed E-state index contributed by atoms with van der Waals surface area (Å²) in [7, 11) is 3.07. The Kier molecular flexibility index (Phi) is 6.22. The Labute approximate surface area is 169 Å². The molecule has 3 rings (SSSR count). The lowest BCUT2D eigenvalue weighted by Gasteiger charge is -2.10. The minimum atomic E-state index is -0.231. The summed E-state index contributed by atoms with van der Waals surface area (Å²) in [5.74, 6) is 1.24. The van der Waals surface area contributed by atoms with E-state index < -0.39 is 0 Å². The minimum absolute atomic E-state index is 0.129. The van der Waals surface area contributed by atoms with Crippen LogP contribution in [0.3, 0.4) is 0 Å². The second-order valence-electron chi connectivity index (χ2n) is 7.20. The lowest BCUT2D eigenvalue weighted by molar-refractivity contribution is 0.0953. The van der Waals surface area contributed by atoms with Crippen LogP contribution in [0.4, 0.5) is 0 Å². The normalized spacial score (nSPS) is 10.9. The lowest BCUT2D eigenvalue weighted by atomic mass is 10.0. The maximum Gasteiger partial charge on any atom is 0.251 e. The van der Waals surface area contributed by atoms with Crippen molar-refractivity contribution in [2.45, 2.75) is 26.2 Å². The maximum atomic E-state index is 12.4. The van der Waals surface area contributed by atoms with E-state index in [-0.39, 0.29) is 11.5 Å². The highest BCUT2D eigenvalue weighted by Gasteiger charge is 2.11. The number of amides is 1. The van der Waals surface area contributed by atoms with Crippen LogP contribution < -0.4 is 20.3 Å². The Bertz CT molecular complexity index is 1090. The smallest absolute Gasteiger partial charge is 0.251 e. The predicted octanol–water partition coefficient (Wildman–Crippen LogP) is 3.64. The summed E-state index contributed by atoms with van der Waals surface area (Å²) >= 11 is 0. The standard InChI is InChI=1S/C23H26N2O4/c1-14(2)15-5-7-19-18(11-15)12-17(23(27)25-19)9-10-24-22(26)16-6-8-20(28-3)21(13-16)29-4/h5-8,11-14H,9-10H2,1-4H3,(H,24,26)(H,25,27). The average molecular weight is 394 g/mol. The molecule has 29 heavy (non-hydrogen) atoms. The number of H-pyrrole nitrogens is 1. The van der Waals surface area contributed by atoms with E-state index in [0.717, 1.165) is 10.9 Å². The molecule has 6 heteroatoms. The predicted molar refractivity (Wildman–Crippen MR) is 114 cm³/mol. The number of methoxy groups -OCH3 is 2. The number of hydrogen-bond donors (Lipinski definition) is 2. The fourth-order valence-electron chi connectivity index (χ4n) is 3.21. The molecular formula is C23H26N2O4. The van der Waals surface area contributed by atoms with Gasteiger partial charge in [-0.15, -0.1) is 0 Å². The first-order valence-corrected chi connectivity index (χ1v) is 9.59. The molecule has 0 spiro atoms. The van der Waals surface area contributed by atoms with Crippen molar-refractivity contribution in [3.8, 4) is 11.5 Å². The van der Waals surface area contributed by atoms with Crippen molar-refractivity contribution in [2.24, 2.45) is 0 Å². The molecule has 0 aliphatic carbocycles. The van der Waals surface area contributed by atoms with Crippen LogP contribution in [0.2, 0.25) is 0 Å². The number of fused-ring (bicyclic) bond motifs is 1. The van der Waals surface area contributed by atoms with Crippen LogP contribution in [-0.2, 0) is 6.42 Å². The summed E-state index contributed by atoms with van der Waals surface area (Å²) in [6.07, 6.45) is 0.441. The summed E-state index contributed by atoms with van der Waals surface area (Å²) in [4.78, 5) is 27.7. The molecule has 152 valence electrons. The highest BCUT2D eigenvalue weighted by molar-refractivity contribution is 5.94. The van der Waals surface area contributed by atoms with Gasteiger partial charge in [0.25, 0.3) is 11.5 Å². The SMILES string of the molecule is COc1ccc(C(=O)NCCc2cc3cc(C(C)C)ccc3[nH]c2=O)cc1OC. The van der Waals surface area contributed by atoms with E-state index in [1.807, 2.05) is 18.2 Å². The third kappa shape index (κ3) is 4.59. The van der Waals surface area contributed by atoms with Crippen molar-refractivity contribution < 1.29 is 14.3 Å². The van der Waals surface area contributed by atoms with Gasteiger partial charge in [-0.3, -0.25) is 9.59 Å². The molecule has 1 aromatic heterocycles. The first-order valence-electron chi connectivity index (χ1n) is 9.59. The molecule has 1 heterocycles. The molecule has 0 fully saturated rings. The monoisotopic (exact) mass is 394 g/mol. The van der Waals surface area contributed by atoms with E-state index in [0.29, 0.717) is 41.5 Å². The van der Waals surface area contributed by atoms with Crippen molar-refractivity contribution in [3.05, 3.63) is 69.5 Å². The number of ether oxygens (including phenoxy) is 2. The molecule has 0 atom stereocenters. The summed E-state index contributed by atoms with van der Waals surface area (Å²) in [5.41, 5.74) is 3.02. The molecule has 3 aromatic rings. The number of carbonyl (C=O) groups is 1. The molecule has 1 amide bonds. The topological polar surface area (TPSA) is 80.4 Å². The van der Waals surface area contributed by atoms with Crippen LogP contribution in [0.25, 0.3) is 10.9 Å². The minimum Gasteiger partial charge on any atom is -0.493 e. The second-order valence-corrected chi connectivity index (χ2v) is 7.20. The zero-order valence-electron chi connectivity index (χ0n) is 17.2. The maximum absolute atomic E-state index is 12.4. The van der Waals surface area contributed by atoms with E-state index in [1.165, 1.54) is 12.7 Å². The number of aromatic nitrogens is 1. The van der Waals surface area contributed by atoms with Crippen LogP contribution in [0.15, 0.2) is 47.3 Å². The number of nitrogens with one attached hydrogen (secondary N) is 2. The van der Waals surface area contributed by atoms with Crippen molar-refractivity contribution in [1.82, 2.24) is 10.3 Å². The Hall–Kier alpha value is -3.28. The van der Waals surface area contributed by atoms with E-state index >= 15 is 0 Å². The lowest BCUT2D eigenvalue weighted by Crippen LogP contribution is -2.27. The zero-order valence-corrected chi connectivity index (χ0v) is 17.2. The van der Waals surface area contributed by atoms with Gasteiger partial charge in [-0.05, 0) is 59.7 Å². The number of rotatable bonds is 7. The van der Waals surface area contributed by atoms with Crippen molar-refractivity contribution in [3.63, 3.8) is 0 Å². The van der Waals surface area contributed by atoms with E-state index in [9.17, 15) is 9.59 Å². The largest absolute Gasteiger partial charge is 0.493 e. The molecule has 2 N–H and O–H groups in total. The van der Waals surface area contributed by atoms with Gasteiger partial charge in [0.15, 0.2) is 11.5 Å². The molecule has 0 unspecified atom stereocenters. The van der Waals surface area contributed by atoms with Gasteiger partial charge >= 0.3 is 0 Å². The molecule has 0 aliphatic rings. The number of carbonyl (C=O) groups excluding carboxylic acids is 1. The average Bonchev–Trinajstić information content (AvgIpc) is 2.72. The van der Waals surface area contributed by atoms with Gasteiger partial charge < -0.3 is 19.8 Å². The molecule has 6 nitrogen and oxygen atoms in total. The van der Waals surface area contributed by atoms with E-state index in [2.05, 4.69) is 30.2 Å². The Morgan fingerprint density at radius 1 is 1.03 bits per heavy atom.